The van der Waals surface area contributed by atoms with Gasteiger partial charge in [-0.25, -0.2) is 9.13 Å². The lowest BCUT2D eigenvalue weighted by atomic mass is 10.1. The highest BCUT2D eigenvalue weighted by molar-refractivity contribution is 7.47. The maximum Gasteiger partial charge on any atom is 0.472 e. The predicted octanol–water partition coefficient (Wildman–Crippen LogP) is 22.9. The van der Waals surface area contributed by atoms with Crippen LogP contribution in [0.2, 0.25) is 0 Å². The lowest BCUT2D eigenvalue weighted by Gasteiger charge is -2.21. The van der Waals surface area contributed by atoms with Crippen molar-refractivity contribution in [3.8, 4) is 0 Å². The fourth-order valence-electron chi connectivity index (χ4n) is 10.1. The molecule has 0 saturated carbocycles. The van der Waals surface area contributed by atoms with Crippen LogP contribution in [-0.2, 0) is 65.4 Å². The van der Waals surface area contributed by atoms with Crippen LogP contribution in [0.4, 0.5) is 0 Å². The molecule has 0 heterocycles. The van der Waals surface area contributed by atoms with Crippen LogP contribution >= 0.6 is 15.6 Å². The van der Waals surface area contributed by atoms with E-state index in [1.165, 1.54) is 25.7 Å². The van der Waals surface area contributed by atoms with Gasteiger partial charge in [0.25, 0.3) is 0 Å². The number of ether oxygens (including phenoxy) is 4. The van der Waals surface area contributed by atoms with Gasteiger partial charge in [-0.2, -0.15) is 0 Å². The second-order valence-electron chi connectivity index (χ2n) is 25.9. The van der Waals surface area contributed by atoms with E-state index in [-0.39, 0.29) is 25.7 Å². The first-order valence-electron chi connectivity index (χ1n) is 39.4. The Bertz CT molecular complexity index is 2460. The van der Waals surface area contributed by atoms with Crippen LogP contribution in [0.5, 0.6) is 0 Å². The van der Waals surface area contributed by atoms with E-state index in [1.807, 2.05) is 0 Å². The van der Waals surface area contributed by atoms with Crippen molar-refractivity contribution >= 4 is 39.5 Å². The van der Waals surface area contributed by atoms with Crippen LogP contribution in [0.1, 0.15) is 310 Å². The maximum absolute atomic E-state index is 13.1. The molecule has 584 valence electrons. The van der Waals surface area contributed by atoms with Gasteiger partial charge < -0.3 is 33.8 Å². The number of unbranched alkanes of at least 4 members (excludes halogenated alkanes) is 25. The molecular weight excluding hydrogens is 1330 g/mol. The summed E-state index contributed by atoms with van der Waals surface area (Å²) < 4.78 is 68.5. The first kappa shape index (κ1) is 97.2. The van der Waals surface area contributed by atoms with Gasteiger partial charge in [0.2, 0.25) is 0 Å². The molecule has 5 unspecified atom stereocenters. The van der Waals surface area contributed by atoms with Gasteiger partial charge >= 0.3 is 39.5 Å². The fourth-order valence-corrected chi connectivity index (χ4v) is 11.7. The number of hydrogen-bond donors (Lipinski definition) is 3. The molecule has 0 aliphatic rings. The van der Waals surface area contributed by atoms with E-state index in [2.05, 4.69) is 161 Å². The normalized spacial score (nSPS) is 14.6. The molecule has 5 atom stereocenters. The molecular formula is C83H140O17P2. The zero-order valence-electron chi connectivity index (χ0n) is 63.7. The fraction of sp³-hybridized carbons (Fsp3) is 0.687. The molecule has 0 aromatic rings. The Hall–Kier alpha value is -4.80. The first-order valence-corrected chi connectivity index (χ1v) is 42.4. The largest absolute Gasteiger partial charge is 0.472 e. The van der Waals surface area contributed by atoms with Crippen molar-refractivity contribution in [3.05, 3.63) is 134 Å². The summed E-state index contributed by atoms with van der Waals surface area (Å²) in [5, 5.41) is 10.6. The third-order valence-corrected chi connectivity index (χ3v) is 18.0. The molecule has 0 bridgehead atoms. The Labute approximate surface area is 618 Å². The minimum Gasteiger partial charge on any atom is -0.462 e. The van der Waals surface area contributed by atoms with Crippen LogP contribution in [0.15, 0.2) is 134 Å². The van der Waals surface area contributed by atoms with Crippen molar-refractivity contribution in [2.75, 3.05) is 39.6 Å². The second-order valence-corrected chi connectivity index (χ2v) is 28.8. The Morgan fingerprint density at radius 2 is 0.529 bits per heavy atom. The van der Waals surface area contributed by atoms with Crippen LogP contribution in [0.25, 0.3) is 0 Å². The van der Waals surface area contributed by atoms with Gasteiger partial charge in [0, 0.05) is 25.7 Å². The molecule has 0 amide bonds. The van der Waals surface area contributed by atoms with Crippen molar-refractivity contribution in [3.63, 3.8) is 0 Å². The number of phosphoric ester groups is 2. The number of hydrogen-bond acceptors (Lipinski definition) is 15. The lowest BCUT2D eigenvalue weighted by Crippen LogP contribution is -2.30. The first-order chi connectivity index (χ1) is 49.7. The van der Waals surface area contributed by atoms with E-state index in [0.717, 1.165) is 205 Å². The van der Waals surface area contributed by atoms with Gasteiger partial charge in [-0.3, -0.25) is 37.3 Å². The van der Waals surface area contributed by atoms with E-state index in [9.17, 15) is 43.2 Å². The van der Waals surface area contributed by atoms with Gasteiger partial charge in [0.1, 0.15) is 19.3 Å². The molecule has 0 aliphatic carbocycles. The number of phosphoric acid groups is 2. The minimum atomic E-state index is -4.99. The van der Waals surface area contributed by atoms with Crippen molar-refractivity contribution in [2.24, 2.45) is 0 Å². The summed E-state index contributed by atoms with van der Waals surface area (Å²) in [5.74, 6) is -2.25. The molecule has 0 aromatic heterocycles. The van der Waals surface area contributed by atoms with Gasteiger partial charge in [-0.15, -0.1) is 0 Å². The van der Waals surface area contributed by atoms with Crippen molar-refractivity contribution < 1.29 is 80.2 Å². The van der Waals surface area contributed by atoms with Crippen molar-refractivity contribution in [2.45, 2.75) is 329 Å². The number of carbonyl (C=O) groups is 4. The number of allylic oxidation sites excluding steroid dienone is 22. The van der Waals surface area contributed by atoms with E-state index in [1.54, 1.807) is 0 Å². The third kappa shape index (κ3) is 73.5. The summed E-state index contributed by atoms with van der Waals surface area (Å²) in [6.45, 7) is 4.50. The Balaban J connectivity index is 5.41. The SMILES string of the molecule is CC/C=C\C/C=C\C/C=C\C/C=C\C/C=C\CCCCCC(=O)OCC(COP(=O)(O)OCC(O)COP(=O)(O)OCC(COC(=O)CCCCCCC/C=C\C/C=C\CCC)OC(=O)CCCCCCC/C=C\CCCCCC)OC(=O)CCCCCCCCC/C=C\C/C=C\C/C=C\CC. The monoisotopic (exact) mass is 1470 g/mol. The summed E-state index contributed by atoms with van der Waals surface area (Å²) in [4.78, 5) is 73.0. The molecule has 0 spiro atoms. The Kier molecular flexibility index (Phi) is 71.0. The highest BCUT2D eigenvalue weighted by atomic mass is 31.2. The molecule has 3 N–H and O–H groups in total. The molecule has 0 radical (unpaired) electrons. The van der Waals surface area contributed by atoms with E-state index in [0.29, 0.717) is 25.7 Å². The molecule has 0 saturated heterocycles. The summed E-state index contributed by atoms with van der Waals surface area (Å²) in [6, 6.07) is 0. The van der Waals surface area contributed by atoms with Gasteiger partial charge in [0.15, 0.2) is 12.2 Å². The number of aliphatic hydroxyl groups is 1. The number of esters is 4. The standard InChI is InChI=1S/C83H140O17P2/c1-5-9-13-17-21-25-29-33-35-37-38-40-41-45-48-52-56-60-64-68-81(86)94-74-79(100-83(88)70-66-62-58-54-50-46-42-39-36-34-30-26-22-18-14-10-6-2)76-98-102(91,92)96-72-77(84)71-95-101(89,90)97-75-78(99-82(87)69-65-61-57-53-49-44-32-28-24-20-16-12-8-4)73-93-80(85)67-63-59-55-51-47-43-31-27-23-19-15-11-7-3/h9-10,13-15,19,21-22,25-28,31-36,38,40,45,48,77-79,84H,5-8,11-12,16-18,20,23-24,29-30,37,39,41-44,46-47,49-76H2,1-4H3,(H,89,90)(H,91,92)/b13-9-,14-10-,19-15-,25-21-,26-22-,31-27-,32-28-,35-33-,36-34-,40-38-,48-45-. The zero-order valence-corrected chi connectivity index (χ0v) is 65.5. The topological polar surface area (TPSA) is 237 Å². The molecule has 0 fully saturated rings. The molecule has 17 nitrogen and oxygen atoms in total. The van der Waals surface area contributed by atoms with E-state index in [4.69, 9.17) is 37.0 Å². The van der Waals surface area contributed by atoms with Crippen LogP contribution < -0.4 is 0 Å². The average molecular weight is 1470 g/mol. The highest BCUT2D eigenvalue weighted by Crippen LogP contribution is 2.45. The molecule has 0 aliphatic heterocycles. The third-order valence-electron chi connectivity index (χ3n) is 16.1. The minimum absolute atomic E-state index is 0.0723. The van der Waals surface area contributed by atoms with E-state index >= 15 is 0 Å². The highest BCUT2D eigenvalue weighted by Gasteiger charge is 2.30. The number of rotatable bonds is 73. The lowest BCUT2D eigenvalue weighted by molar-refractivity contribution is -0.161. The van der Waals surface area contributed by atoms with E-state index < -0.39 is 97.5 Å². The zero-order chi connectivity index (χ0) is 74.6. The second kappa shape index (κ2) is 74.5. The van der Waals surface area contributed by atoms with Crippen LogP contribution in [-0.4, -0.2) is 96.7 Å². The van der Waals surface area contributed by atoms with Crippen molar-refractivity contribution in [1.82, 2.24) is 0 Å². The van der Waals surface area contributed by atoms with Gasteiger partial charge in [-0.05, 0) is 154 Å². The quantitative estimate of drug-likeness (QED) is 0.0169. The smallest absolute Gasteiger partial charge is 0.462 e. The molecule has 19 heteroatoms. The maximum atomic E-state index is 13.1. The average Bonchev–Trinajstić information content (AvgIpc) is 0.923. The Morgan fingerprint density at radius 1 is 0.284 bits per heavy atom. The molecule has 0 aromatic carbocycles. The summed E-state index contributed by atoms with van der Waals surface area (Å²) in [5.41, 5.74) is 0. The molecule has 102 heavy (non-hydrogen) atoms. The number of carbonyl (C=O) groups excluding carboxylic acids is 4. The summed E-state index contributed by atoms with van der Waals surface area (Å²) in [7, 11) is -9.98. The Morgan fingerprint density at radius 3 is 0.843 bits per heavy atom. The number of aliphatic hydroxyl groups excluding tert-OH is 1. The van der Waals surface area contributed by atoms with Crippen molar-refractivity contribution in [1.29, 1.82) is 0 Å². The van der Waals surface area contributed by atoms with Gasteiger partial charge in [-0.1, -0.05) is 264 Å². The van der Waals surface area contributed by atoms with Crippen LogP contribution in [0.3, 0.4) is 0 Å². The van der Waals surface area contributed by atoms with Gasteiger partial charge in [0.05, 0.1) is 26.4 Å². The molecule has 0 rings (SSSR count). The summed E-state index contributed by atoms with van der Waals surface area (Å²) in [6.07, 6.45) is 82.9. The summed E-state index contributed by atoms with van der Waals surface area (Å²) >= 11 is 0. The van der Waals surface area contributed by atoms with Crippen LogP contribution in [0, 0.1) is 0 Å². The predicted molar refractivity (Wildman–Crippen MR) is 418 cm³/mol.